The van der Waals surface area contributed by atoms with Crippen molar-refractivity contribution < 1.29 is 8.78 Å². The molecule has 0 saturated heterocycles. The Kier molecular flexibility index (Phi) is 4.04. The summed E-state index contributed by atoms with van der Waals surface area (Å²) < 4.78 is 27.7. The first-order valence-corrected chi connectivity index (χ1v) is 6.99. The Morgan fingerprint density at radius 1 is 0.895 bits per heavy atom. The Balaban J connectivity index is 2.60. The highest BCUT2D eigenvalue weighted by Crippen LogP contribution is 2.37. The molecule has 0 aliphatic carbocycles. The van der Waals surface area contributed by atoms with Crippen LogP contribution in [0.1, 0.15) is 32.6 Å². The summed E-state index contributed by atoms with van der Waals surface area (Å²) in [7, 11) is 0. The largest absolute Gasteiger partial charge is 0.207 e. The van der Waals surface area contributed by atoms with Gasteiger partial charge in [-0.1, -0.05) is 39.7 Å². The number of benzene rings is 2. The fourth-order valence-corrected chi connectivity index (χ4v) is 3.65. The second-order valence-electron chi connectivity index (χ2n) is 4.81. The summed E-state index contributed by atoms with van der Waals surface area (Å²) in [6.07, 6.45) is 0. The highest BCUT2D eigenvalue weighted by atomic mass is 79.9. The van der Waals surface area contributed by atoms with Crippen LogP contribution in [0.25, 0.3) is 0 Å². The molecule has 1 atom stereocenters. The van der Waals surface area contributed by atoms with Gasteiger partial charge in [-0.15, -0.1) is 0 Å². The lowest BCUT2D eigenvalue weighted by atomic mass is 9.94. The quantitative estimate of drug-likeness (QED) is 0.651. The van der Waals surface area contributed by atoms with Crippen LogP contribution in [0.15, 0.2) is 30.3 Å². The Morgan fingerprint density at radius 3 is 1.84 bits per heavy atom. The highest BCUT2D eigenvalue weighted by molar-refractivity contribution is 9.09. The first kappa shape index (κ1) is 14.2. The van der Waals surface area contributed by atoms with Crippen molar-refractivity contribution >= 4 is 15.9 Å². The normalized spacial score (nSPS) is 12.5. The molecule has 0 aromatic heterocycles. The van der Waals surface area contributed by atoms with Crippen LogP contribution in [-0.4, -0.2) is 0 Å². The molecule has 0 bridgehead atoms. The van der Waals surface area contributed by atoms with E-state index in [1.54, 1.807) is 0 Å². The van der Waals surface area contributed by atoms with Crippen molar-refractivity contribution in [2.45, 2.75) is 25.6 Å². The maximum atomic E-state index is 13.9. The topological polar surface area (TPSA) is 0 Å². The molecule has 0 heterocycles. The minimum absolute atomic E-state index is 0.0672. The van der Waals surface area contributed by atoms with Crippen LogP contribution in [0.3, 0.4) is 0 Å². The third kappa shape index (κ3) is 2.71. The smallest absolute Gasteiger partial charge is 0.130 e. The zero-order valence-electron chi connectivity index (χ0n) is 11.1. The van der Waals surface area contributed by atoms with Gasteiger partial charge in [0.1, 0.15) is 11.6 Å². The average Bonchev–Trinajstić information content (AvgIpc) is 2.26. The fraction of sp³-hybridized carbons (Fsp3) is 0.250. The van der Waals surface area contributed by atoms with Gasteiger partial charge >= 0.3 is 0 Å². The van der Waals surface area contributed by atoms with E-state index in [-0.39, 0.29) is 5.56 Å². The minimum Gasteiger partial charge on any atom is -0.207 e. The predicted octanol–water partition coefficient (Wildman–Crippen LogP) is 5.37. The monoisotopic (exact) mass is 324 g/mol. The highest BCUT2D eigenvalue weighted by Gasteiger charge is 2.22. The zero-order chi connectivity index (χ0) is 14.2. The molecule has 2 aromatic carbocycles. The Hall–Kier alpha value is -1.22. The average molecular weight is 325 g/mol. The van der Waals surface area contributed by atoms with Crippen molar-refractivity contribution in [3.05, 3.63) is 69.8 Å². The van der Waals surface area contributed by atoms with Crippen molar-refractivity contribution in [1.29, 1.82) is 0 Å². The van der Waals surface area contributed by atoms with Gasteiger partial charge in [0.05, 0.1) is 4.83 Å². The standard InChI is InChI=1S/C16H15BrF2/c1-9-7-10(2)14(11(3)8-9)16(17)15-12(18)5-4-6-13(15)19/h4-8,16H,1-3H3. The van der Waals surface area contributed by atoms with Gasteiger partial charge in [-0.05, 0) is 49.6 Å². The molecule has 0 spiro atoms. The summed E-state index contributed by atoms with van der Waals surface area (Å²) in [6.45, 7) is 5.93. The Bertz CT molecular complexity index is 577. The van der Waals surface area contributed by atoms with Gasteiger partial charge in [0.2, 0.25) is 0 Å². The van der Waals surface area contributed by atoms with Crippen molar-refractivity contribution in [3.8, 4) is 0 Å². The van der Waals surface area contributed by atoms with E-state index in [4.69, 9.17) is 0 Å². The molecule has 2 aromatic rings. The molecule has 0 radical (unpaired) electrons. The fourth-order valence-electron chi connectivity index (χ4n) is 2.49. The van der Waals surface area contributed by atoms with Crippen LogP contribution < -0.4 is 0 Å². The van der Waals surface area contributed by atoms with E-state index in [0.717, 1.165) is 22.3 Å². The van der Waals surface area contributed by atoms with Gasteiger partial charge in [0.15, 0.2) is 0 Å². The van der Waals surface area contributed by atoms with Crippen LogP contribution in [0.2, 0.25) is 0 Å². The molecule has 1 unspecified atom stereocenters. The van der Waals surface area contributed by atoms with Crippen molar-refractivity contribution in [1.82, 2.24) is 0 Å². The zero-order valence-corrected chi connectivity index (χ0v) is 12.7. The molecule has 0 nitrogen and oxygen atoms in total. The second kappa shape index (κ2) is 5.41. The van der Waals surface area contributed by atoms with Gasteiger partial charge in [-0.3, -0.25) is 0 Å². The van der Waals surface area contributed by atoms with Gasteiger partial charge in [0.25, 0.3) is 0 Å². The number of alkyl halides is 1. The van der Waals surface area contributed by atoms with Crippen LogP contribution in [0.5, 0.6) is 0 Å². The van der Waals surface area contributed by atoms with E-state index in [2.05, 4.69) is 15.9 Å². The lowest BCUT2D eigenvalue weighted by Crippen LogP contribution is -2.04. The first-order valence-electron chi connectivity index (χ1n) is 6.07. The molecule has 100 valence electrons. The summed E-state index contributed by atoms with van der Waals surface area (Å²) in [5.41, 5.74) is 4.20. The van der Waals surface area contributed by atoms with Crippen LogP contribution >= 0.6 is 15.9 Å². The number of halogens is 3. The van der Waals surface area contributed by atoms with Crippen LogP contribution in [-0.2, 0) is 0 Å². The van der Waals surface area contributed by atoms with Gasteiger partial charge < -0.3 is 0 Å². The maximum Gasteiger partial charge on any atom is 0.130 e. The summed E-state index contributed by atoms with van der Waals surface area (Å²) in [6, 6.07) is 7.99. The van der Waals surface area contributed by atoms with Gasteiger partial charge in [0, 0.05) is 5.56 Å². The molecule has 0 N–H and O–H groups in total. The van der Waals surface area contributed by atoms with Gasteiger partial charge in [-0.2, -0.15) is 0 Å². The summed E-state index contributed by atoms with van der Waals surface area (Å²) in [5, 5.41) is 0. The van der Waals surface area contributed by atoms with E-state index in [1.165, 1.54) is 18.2 Å². The number of aryl methyl sites for hydroxylation is 3. The predicted molar refractivity (Wildman–Crippen MR) is 77.8 cm³/mol. The Morgan fingerprint density at radius 2 is 1.37 bits per heavy atom. The molecule has 0 fully saturated rings. The van der Waals surface area contributed by atoms with Crippen molar-refractivity contribution in [3.63, 3.8) is 0 Å². The molecule has 3 heteroatoms. The molecule has 2 rings (SSSR count). The molecule has 0 aliphatic heterocycles. The lowest BCUT2D eigenvalue weighted by molar-refractivity contribution is 0.560. The molecular weight excluding hydrogens is 310 g/mol. The minimum atomic E-state index is -0.527. The van der Waals surface area contributed by atoms with Crippen molar-refractivity contribution in [2.24, 2.45) is 0 Å². The second-order valence-corrected chi connectivity index (χ2v) is 5.73. The first-order chi connectivity index (χ1) is 8.91. The van der Waals surface area contributed by atoms with E-state index >= 15 is 0 Å². The number of hydrogen-bond donors (Lipinski definition) is 0. The third-order valence-electron chi connectivity index (χ3n) is 3.24. The van der Waals surface area contributed by atoms with E-state index in [9.17, 15) is 8.78 Å². The third-order valence-corrected chi connectivity index (χ3v) is 4.16. The molecule has 0 amide bonds. The van der Waals surface area contributed by atoms with E-state index in [1.807, 2.05) is 32.9 Å². The Labute approximate surface area is 120 Å². The molecule has 19 heavy (non-hydrogen) atoms. The van der Waals surface area contributed by atoms with E-state index < -0.39 is 16.5 Å². The number of hydrogen-bond acceptors (Lipinski definition) is 0. The molecule has 0 saturated carbocycles. The number of rotatable bonds is 2. The maximum absolute atomic E-state index is 13.9. The SMILES string of the molecule is Cc1cc(C)c(C(Br)c2c(F)cccc2F)c(C)c1. The van der Waals surface area contributed by atoms with Crippen LogP contribution in [0.4, 0.5) is 8.78 Å². The summed E-state index contributed by atoms with van der Waals surface area (Å²) in [5.74, 6) is -1.05. The van der Waals surface area contributed by atoms with E-state index in [0.29, 0.717) is 0 Å². The summed E-state index contributed by atoms with van der Waals surface area (Å²) in [4.78, 5) is -0.478. The lowest BCUT2D eigenvalue weighted by Gasteiger charge is -2.18. The van der Waals surface area contributed by atoms with Crippen LogP contribution in [0, 0.1) is 32.4 Å². The summed E-state index contributed by atoms with van der Waals surface area (Å²) >= 11 is 3.44. The molecular formula is C16H15BrF2. The van der Waals surface area contributed by atoms with Crippen molar-refractivity contribution in [2.75, 3.05) is 0 Å². The van der Waals surface area contributed by atoms with Gasteiger partial charge in [-0.25, -0.2) is 8.78 Å². The molecule has 0 aliphatic rings.